The van der Waals surface area contributed by atoms with E-state index in [0.29, 0.717) is 97.4 Å². The van der Waals surface area contributed by atoms with Crippen LogP contribution in [0.4, 0.5) is 0 Å². The van der Waals surface area contributed by atoms with Crippen molar-refractivity contribution >= 4 is 0 Å². The molecule has 0 radical (unpaired) electrons. The van der Waals surface area contributed by atoms with E-state index in [-0.39, 0.29) is 18.8 Å². The van der Waals surface area contributed by atoms with Crippen LogP contribution in [0.1, 0.15) is 62.4 Å². The predicted molar refractivity (Wildman–Crippen MR) is 288 cm³/mol. The van der Waals surface area contributed by atoms with Crippen molar-refractivity contribution in [2.24, 2.45) is 0 Å². The number of ether oxygens (including phenoxy) is 9. The minimum atomic E-state index is -1.47. The summed E-state index contributed by atoms with van der Waals surface area (Å²) in [4.78, 5) is 0. The average molecular weight is 1010 g/mol. The van der Waals surface area contributed by atoms with Gasteiger partial charge in [-0.1, -0.05) is 182 Å². The molecule has 1 N–H and O–H groups in total. The molecule has 3 atom stereocenters. The lowest BCUT2D eigenvalue weighted by atomic mass is 9.85. The predicted octanol–water partition coefficient (Wildman–Crippen LogP) is 14.0. The summed E-state index contributed by atoms with van der Waals surface area (Å²) in [6.07, 6.45) is 0.721. The normalized spacial score (nSPS) is 17.7. The maximum absolute atomic E-state index is 12.3. The maximum atomic E-state index is 12.3. The Hall–Kier alpha value is -8.86. The molecule has 9 aromatic rings. The van der Waals surface area contributed by atoms with Gasteiger partial charge in [0.2, 0.25) is 11.6 Å². The monoisotopic (exact) mass is 1010 g/mol. The Labute approximate surface area is 442 Å². The van der Waals surface area contributed by atoms with Gasteiger partial charge in [0.25, 0.3) is 0 Å². The second-order valence-corrected chi connectivity index (χ2v) is 19.4. The zero-order valence-corrected chi connectivity index (χ0v) is 41.8. The van der Waals surface area contributed by atoms with Crippen molar-refractivity contribution in [3.8, 4) is 51.7 Å². The summed E-state index contributed by atoms with van der Waals surface area (Å²) in [7, 11) is 0. The lowest BCUT2D eigenvalue weighted by molar-refractivity contribution is -0.257. The molecule has 10 heteroatoms. The largest absolute Gasteiger partial charge is 0.507 e. The molecule has 10 nitrogen and oxygen atoms in total. The number of benzene rings is 9. The topological polar surface area (TPSA) is 103 Å². The van der Waals surface area contributed by atoms with Gasteiger partial charge in [-0.3, -0.25) is 4.74 Å². The highest BCUT2D eigenvalue weighted by atomic mass is 16.8. The highest BCUT2D eigenvalue weighted by Gasteiger charge is 2.66. The Balaban J connectivity index is 0.941. The summed E-state index contributed by atoms with van der Waals surface area (Å²) < 4.78 is 61.5. The molecule has 1 saturated heterocycles. The van der Waals surface area contributed by atoms with E-state index in [1.165, 1.54) is 0 Å². The fourth-order valence-corrected chi connectivity index (χ4v) is 10.3. The summed E-state index contributed by atoms with van der Waals surface area (Å²) >= 11 is 0. The molecule has 0 aliphatic carbocycles. The SMILES string of the molecule is Oc1cc(OCc2ccccc2)cc(OCc2ccccc2)c1C[C@]12Oc3cc(OCc4ccccc4)cc(OCc4ccccc4)c3[C@H]1C[C@]1(Cc3c(OCc4ccccc4)cc(OCc4ccccc4)cc3O1)O2. The molecule has 0 aromatic heterocycles. The Morgan fingerprint density at radius 2 is 0.789 bits per heavy atom. The Bertz CT molecular complexity index is 3400. The number of fused-ring (bicyclic) bond motifs is 4. The van der Waals surface area contributed by atoms with E-state index in [1.807, 2.05) is 212 Å². The van der Waals surface area contributed by atoms with Gasteiger partial charge in [0, 0.05) is 72.4 Å². The molecule has 0 unspecified atom stereocenters. The van der Waals surface area contributed by atoms with Crippen LogP contribution in [0.15, 0.2) is 218 Å². The van der Waals surface area contributed by atoms with Crippen LogP contribution in [0, 0.1) is 0 Å². The lowest BCUT2D eigenvalue weighted by Gasteiger charge is -2.32. The van der Waals surface area contributed by atoms with E-state index in [2.05, 4.69) is 0 Å². The van der Waals surface area contributed by atoms with Crippen LogP contribution < -0.4 is 37.9 Å². The summed E-state index contributed by atoms with van der Waals surface area (Å²) in [5.74, 6) is 1.11. The second kappa shape index (κ2) is 21.5. The summed E-state index contributed by atoms with van der Waals surface area (Å²) in [5.41, 5.74) is 8.14. The number of phenolic OH excluding ortho intramolecular Hbond substituents is 1. The molecule has 0 bridgehead atoms. The Kier molecular flexibility index (Phi) is 13.6. The molecule has 76 heavy (non-hydrogen) atoms. The molecular weight excluding hydrogens is 953 g/mol. The Morgan fingerprint density at radius 1 is 0.408 bits per heavy atom. The fraction of sp³-hybridized carbons (Fsp3) is 0.182. The molecule has 1 spiro atoms. The number of rotatable bonds is 20. The van der Waals surface area contributed by atoms with E-state index < -0.39 is 17.5 Å². The van der Waals surface area contributed by atoms with Crippen LogP contribution in [0.5, 0.6) is 51.7 Å². The smallest absolute Gasteiger partial charge is 0.225 e. The molecule has 3 aliphatic rings. The fourth-order valence-electron chi connectivity index (χ4n) is 10.3. The van der Waals surface area contributed by atoms with Crippen molar-refractivity contribution in [3.05, 3.63) is 268 Å². The summed E-state index contributed by atoms with van der Waals surface area (Å²) in [6, 6.07) is 71.2. The Morgan fingerprint density at radius 3 is 1.26 bits per heavy atom. The van der Waals surface area contributed by atoms with Crippen LogP contribution in [-0.4, -0.2) is 16.7 Å². The van der Waals surface area contributed by atoms with Gasteiger partial charge in [-0.15, -0.1) is 0 Å². The van der Waals surface area contributed by atoms with E-state index in [1.54, 1.807) is 6.07 Å². The first kappa shape index (κ1) is 48.1. The number of hydrogen-bond acceptors (Lipinski definition) is 10. The third-order valence-electron chi connectivity index (χ3n) is 14.0. The van der Waals surface area contributed by atoms with Gasteiger partial charge in [0.1, 0.15) is 91.4 Å². The van der Waals surface area contributed by atoms with Gasteiger partial charge in [-0.25, -0.2) is 0 Å². The quantitative estimate of drug-likeness (QED) is 0.0794. The van der Waals surface area contributed by atoms with Crippen molar-refractivity contribution in [2.75, 3.05) is 0 Å². The third-order valence-corrected chi connectivity index (χ3v) is 14.0. The standard InChI is InChI=1S/C66H56O10/c67-58-31-52(68-40-46-19-7-1-8-20-46)32-59(71-43-49-25-13-4-14-26-49)55(58)38-66-57(64-62(73-45-51-29-17-6-18-30-51)35-54(36-63(64)75-66)70-42-48-23-11-3-12-24-48)39-65(76-66)37-56-60(72-44-50-27-15-5-16-28-50)33-53(34-61(56)74-65)69-41-47-21-9-2-10-22-47/h1-36,57,67H,37-45H2/t57-,65+,66-/m1/s1. The minimum absolute atomic E-state index is 0.0364. The van der Waals surface area contributed by atoms with Gasteiger partial charge in [-0.05, 0) is 33.4 Å². The van der Waals surface area contributed by atoms with E-state index in [4.69, 9.17) is 42.6 Å². The first-order valence-corrected chi connectivity index (χ1v) is 25.7. The number of aromatic hydroxyl groups is 1. The van der Waals surface area contributed by atoms with Gasteiger partial charge in [0.05, 0.1) is 5.92 Å². The summed E-state index contributed by atoms with van der Waals surface area (Å²) in [5, 5.41) is 12.3. The molecule has 0 amide bonds. The van der Waals surface area contributed by atoms with Gasteiger partial charge in [0.15, 0.2) is 0 Å². The van der Waals surface area contributed by atoms with Crippen LogP contribution in [0.3, 0.4) is 0 Å². The van der Waals surface area contributed by atoms with E-state index >= 15 is 0 Å². The molecule has 1 fully saturated rings. The maximum Gasteiger partial charge on any atom is 0.225 e. The number of hydrogen-bond donors (Lipinski definition) is 1. The third kappa shape index (κ3) is 10.7. The molecule has 12 rings (SSSR count). The van der Waals surface area contributed by atoms with Crippen LogP contribution >= 0.6 is 0 Å². The van der Waals surface area contributed by atoms with Crippen molar-refractivity contribution in [1.29, 1.82) is 0 Å². The van der Waals surface area contributed by atoms with E-state index in [0.717, 1.165) is 44.5 Å². The minimum Gasteiger partial charge on any atom is -0.507 e. The highest BCUT2D eigenvalue weighted by Crippen LogP contribution is 2.64. The molecule has 3 heterocycles. The van der Waals surface area contributed by atoms with Gasteiger partial charge in [-0.2, -0.15) is 0 Å². The van der Waals surface area contributed by atoms with E-state index in [9.17, 15) is 5.11 Å². The highest BCUT2D eigenvalue weighted by molar-refractivity contribution is 5.60. The van der Waals surface area contributed by atoms with Crippen molar-refractivity contribution in [1.82, 2.24) is 0 Å². The van der Waals surface area contributed by atoms with Crippen molar-refractivity contribution < 1.29 is 47.7 Å². The molecule has 0 saturated carbocycles. The lowest BCUT2D eigenvalue weighted by Crippen LogP contribution is -2.44. The summed E-state index contributed by atoms with van der Waals surface area (Å²) in [6.45, 7) is 1.84. The second-order valence-electron chi connectivity index (χ2n) is 19.4. The first-order chi connectivity index (χ1) is 37.4. The van der Waals surface area contributed by atoms with Crippen LogP contribution in [0.25, 0.3) is 0 Å². The van der Waals surface area contributed by atoms with Crippen LogP contribution in [-0.2, 0) is 57.2 Å². The van der Waals surface area contributed by atoms with Crippen molar-refractivity contribution in [3.63, 3.8) is 0 Å². The zero-order valence-electron chi connectivity index (χ0n) is 41.8. The first-order valence-electron chi connectivity index (χ1n) is 25.7. The molecule has 3 aliphatic heterocycles. The van der Waals surface area contributed by atoms with Crippen molar-refractivity contribution in [2.45, 2.75) is 76.4 Å². The van der Waals surface area contributed by atoms with Gasteiger partial charge < -0.3 is 43.0 Å². The molecular formula is C66H56O10. The zero-order chi connectivity index (χ0) is 51.2. The number of phenols is 1. The van der Waals surface area contributed by atoms with Crippen LogP contribution in [0.2, 0.25) is 0 Å². The van der Waals surface area contributed by atoms with Gasteiger partial charge >= 0.3 is 0 Å². The molecule has 9 aromatic carbocycles. The molecule has 380 valence electrons. The average Bonchev–Trinajstić information content (AvgIpc) is 4.31.